The number of rotatable bonds is 4. The molecule has 212 valence electrons. The van der Waals surface area contributed by atoms with E-state index in [1.54, 1.807) is 10.5 Å². The van der Waals surface area contributed by atoms with Gasteiger partial charge in [-0.25, -0.2) is 4.79 Å². The zero-order valence-corrected chi connectivity index (χ0v) is 21.9. The number of halogens is 3. The van der Waals surface area contributed by atoms with Crippen LogP contribution in [0.15, 0.2) is 29.8 Å². The van der Waals surface area contributed by atoms with Crippen LogP contribution in [0.4, 0.5) is 13.2 Å². The first-order valence-corrected chi connectivity index (χ1v) is 13.4. The molecule has 4 aliphatic rings. The van der Waals surface area contributed by atoms with Crippen molar-refractivity contribution in [2.75, 3.05) is 19.6 Å². The first-order valence-electron chi connectivity index (χ1n) is 13.4. The molecule has 8 nitrogen and oxygen atoms in total. The molecule has 39 heavy (non-hydrogen) atoms. The van der Waals surface area contributed by atoms with Gasteiger partial charge in [0, 0.05) is 25.1 Å². The van der Waals surface area contributed by atoms with Crippen molar-refractivity contribution in [2.24, 2.45) is 5.92 Å². The maximum Gasteiger partial charge on any atom is 0.490 e. The van der Waals surface area contributed by atoms with E-state index in [1.165, 1.54) is 31.4 Å². The van der Waals surface area contributed by atoms with Crippen LogP contribution in [-0.4, -0.2) is 70.4 Å². The Morgan fingerprint density at radius 2 is 1.77 bits per heavy atom. The fourth-order valence-corrected chi connectivity index (χ4v) is 5.85. The second kappa shape index (κ2) is 11.9. The molecule has 1 aliphatic carbocycles. The summed E-state index contributed by atoms with van der Waals surface area (Å²) in [4.78, 5) is 49.8. The van der Waals surface area contributed by atoms with Gasteiger partial charge in [0.15, 0.2) is 0 Å². The fourth-order valence-electron chi connectivity index (χ4n) is 5.85. The van der Waals surface area contributed by atoms with Crippen molar-refractivity contribution in [2.45, 2.75) is 76.6 Å². The highest BCUT2D eigenvalue weighted by atomic mass is 19.4. The van der Waals surface area contributed by atoms with Gasteiger partial charge in [0.05, 0.1) is 0 Å². The molecule has 0 bridgehead atoms. The highest BCUT2D eigenvalue weighted by Crippen LogP contribution is 2.34. The molecular formula is C28H34F3N3O5. The molecule has 2 atom stereocenters. The average molecular weight is 550 g/mol. The number of amides is 3. The Bertz CT molecular complexity index is 1160. The van der Waals surface area contributed by atoms with Crippen LogP contribution in [0.25, 0.3) is 0 Å². The topological polar surface area (TPSA) is 107 Å². The summed E-state index contributed by atoms with van der Waals surface area (Å²) < 4.78 is 31.7. The minimum atomic E-state index is -5.08. The summed E-state index contributed by atoms with van der Waals surface area (Å²) in [6.07, 6.45) is 4.16. The van der Waals surface area contributed by atoms with Gasteiger partial charge in [0.2, 0.25) is 11.8 Å². The monoisotopic (exact) mass is 549 g/mol. The van der Waals surface area contributed by atoms with Gasteiger partial charge in [0.25, 0.3) is 5.91 Å². The van der Waals surface area contributed by atoms with Gasteiger partial charge in [-0.05, 0) is 87.6 Å². The van der Waals surface area contributed by atoms with Crippen molar-refractivity contribution < 1.29 is 37.5 Å². The number of imide groups is 1. The summed E-state index contributed by atoms with van der Waals surface area (Å²) in [5.41, 5.74) is 4.59. The molecule has 0 saturated carbocycles. The number of alkyl halides is 3. The first-order chi connectivity index (χ1) is 18.4. The van der Waals surface area contributed by atoms with Crippen LogP contribution in [0.3, 0.4) is 0 Å². The zero-order chi connectivity index (χ0) is 28.3. The number of hydrogen-bond acceptors (Lipinski definition) is 5. The van der Waals surface area contributed by atoms with Crippen molar-refractivity contribution in [1.82, 2.24) is 15.1 Å². The number of fused-ring (bicyclic) bond motifs is 1. The molecule has 2 fully saturated rings. The Labute approximate surface area is 225 Å². The second-order valence-corrected chi connectivity index (χ2v) is 10.9. The van der Waals surface area contributed by atoms with Crippen molar-refractivity contribution >= 4 is 23.7 Å². The third-order valence-electron chi connectivity index (χ3n) is 8.11. The lowest BCUT2D eigenvalue weighted by molar-refractivity contribution is -0.192. The van der Waals surface area contributed by atoms with Crippen molar-refractivity contribution in [1.29, 1.82) is 0 Å². The van der Waals surface area contributed by atoms with Gasteiger partial charge >= 0.3 is 12.1 Å². The van der Waals surface area contributed by atoms with Crippen LogP contribution in [-0.2, 0) is 20.9 Å². The third kappa shape index (κ3) is 7.06. The van der Waals surface area contributed by atoms with E-state index in [0.717, 1.165) is 37.4 Å². The van der Waals surface area contributed by atoms with E-state index >= 15 is 0 Å². The number of piperidine rings is 2. The van der Waals surface area contributed by atoms with Gasteiger partial charge in [-0.1, -0.05) is 23.8 Å². The van der Waals surface area contributed by atoms with E-state index < -0.39 is 18.2 Å². The Morgan fingerprint density at radius 1 is 1.08 bits per heavy atom. The Hall–Kier alpha value is -3.21. The van der Waals surface area contributed by atoms with Gasteiger partial charge in [-0.3, -0.25) is 19.7 Å². The Kier molecular flexibility index (Phi) is 8.78. The van der Waals surface area contributed by atoms with Gasteiger partial charge in [0.1, 0.15) is 6.04 Å². The van der Waals surface area contributed by atoms with Crippen LogP contribution in [0, 0.1) is 5.92 Å². The van der Waals surface area contributed by atoms with Crippen LogP contribution in [0.2, 0.25) is 0 Å². The number of nitrogens with one attached hydrogen (secondary N) is 1. The summed E-state index contributed by atoms with van der Waals surface area (Å²) in [5, 5.41) is 9.50. The summed E-state index contributed by atoms with van der Waals surface area (Å²) in [6.45, 7) is 6.21. The van der Waals surface area contributed by atoms with Crippen molar-refractivity contribution in [3.8, 4) is 0 Å². The number of likely N-dealkylation sites (tertiary alicyclic amines) is 1. The number of carbonyl (C=O) groups excluding carboxylic acids is 3. The third-order valence-corrected chi connectivity index (χ3v) is 8.11. The van der Waals surface area contributed by atoms with E-state index in [1.807, 2.05) is 6.07 Å². The molecule has 11 heteroatoms. The zero-order valence-electron chi connectivity index (χ0n) is 21.9. The van der Waals surface area contributed by atoms with Crippen LogP contribution in [0.1, 0.15) is 79.3 Å². The number of carboxylic acid groups (broad SMARTS) is 1. The number of allylic oxidation sites excluding steroid dienone is 2. The predicted molar refractivity (Wildman–Crippen MR) is 136 cm³/mol. The standard InChI is InChI=1S/C26H33N3O3.C2HF3O2/c1-17-2-4-18(5-3-17)15-28-12-10-19(11-13-28)20-6-7-22-21(14-20)16-29(26(22)32)23-8-9-24(30)27-25(23)31;3-2(4,5)1(6)7/h2,6-7,14,18-19,23H,3-5,8-13,15-16H2,1H3,(H,27,30,31);(H,6,7)/t18-,23?;/m1./s1. The van der Waals surface area contributed by atoms with Crippen molar-refractivity contribution in [3.63, 3.8) is 0 Å². The molecule has 0 aromatic heterocycles. The lowest BCUT2D eigenvalue weighted by Gasteiger charge is -2.35. The quantitative estimate of drug-likeness (QED) is 0.434. The summed E-state index contributed by atoms with van der Waals surface area (Å²) >= 11 is 0. The van der Waals surface area contributed by atoms with Gasteiger partial charge in [-0.15, -0.1) is 0 Å². The van der Waals surface area contributed by atoms with E-state index in [2.05, 4.69) is 35.3 Å². The molecule has 0 radical (unpaired) electrons. The lowest BCUT2D eigenvalue weighted by Crippen LogP contribution is -2.52. The average Bonchev–Trinajstić information content (AvgIpc) is 3.21. The van der Waals surface area contributed by atoms with Gasteiger partial charge < -0.3 is 14.9 Å². The number of carbonyl (C=O) groups is 4. The minimum absolute atomic E-state index is 0.0902. The molecule has 1 aromatic rings. The number of carboxylic acids is 1. The largest absolute Gasteiger partial charge is 0.490 e. The molecule has 1 unspecified atom stereocenters. The van der Waals surface area contributed by atoms with Crippen LogP contribution >= 0.6 is 0 Å². The Morgan fingerprint density at radius 3 is 2.36 bits per heavy atom. The SMILES string of the molecule is CC1=CC[C@@H](CN2CCC(c3ccc4c(c3)CN(C3CCC(=O)NC3=O)C4=O)CC2)CC1.O=C(O)C(F)(F)F. The van der Waals surface area contributed by atoms with E-state index in [-0.39, 0.29) is 24.1 Å². The van der Waals surface area contributed by atoms with Crippen LogP contribution in [0.5, 0.6) is 0 Å². The summed E-state index contributed by atoms with van der Waals surface area (Å²) in [5.74, 6) is -2.11. The molecular weight excluding hydrogens is 515 g/mol. The molecule has 3 aliphatic heterocycles. The molecule has 5 rings (SSSR count). The van der Waals surface area contributed by atoms with Crippen molar-refractivity contribution in [3.05, 3.63) is 46.5 Å². The number of hydrogen-bond donors (Lipinski definition) is 2. The second-order valence-electron chi connectivity index (χ2n) is 10.9. The van der Waals surface area contributed by atoms with E-state index in [9.17, 15) is 27.6 Å². The summed E-state index contributed by atoms with van der Waals surface area (Å²) in [7, 11) is 0. The number of benzene rings is 1. The normalized spacial score (nSPS) is 24.5. The van der Waals surface area contributed by atoms with Crippen LogP contribution < -0.4 is 5.32 Å². The van der Waals surface area contributed by atoms with Gasteiger partial charge in [-0.2, -0.15) is 13.2 Å². The smallest absolute Gasteiger partial charge is 0.475 e. The maximum absolute atomic E-state index is 12.9. The predicted octanol–water partition coefficient (Wildman–Crippen LogP) is 4.01. The molecule has 3 heterocycles. The summed E-state index contributed by atoms with van der Waals surface area (Å²) in [6, 6.07) is 5.70. The molecule has 0 spiro atoms. The highest BCUT2D eigenvalue weighted by Gasteiger charge is 2.40. The molecule has 1 aromatic carbocycles. The number of nitrogens with zero attached hydrogens (tertiary/aromatic N) is 2. The van der Waals surface area contributed by atoms with E-state index in [4.69, 9.17) is 9.90 Å². The Balaban J connectivity index is 0.000000448. The number of aliphatic carboxylic acids is 1. The molecule has 3 amide bonds. The lowest BCUT2D eigenvalue weighted by atomic mass is 9.86. The van der Waals surface area contributed by atoms with E-state index in [0.29, 0.717) is 24.4 Å². The highest BCUT2D eigenvalue weighted by molar-refractivity contribution is 6.05. The first kappa shape index (κ1) is 28.8. The molecule has 2 N–H and O–H groups in total. The fraction of sp³-hybridized carbons (Fsp3) is 0.571. The maximum atomic E-state index is 12.9. The minimum Gasteiger partial charge on any atom is -0.475 e. The molecule has 2 saturated heterocycles.